The predicted molar refractivity (Wildman–Crippen MR) is 59.3 cm³/mol. The maximum Gasteiger partial charge on any atom is 0.573 e. The van der Waals surface area contributed by atoms with E-state index in [4.69, 9.17) is 5.73 Å². The Morgan fingerprint density at radius 2 is 2.11 bits per heavy atom. The Hall–Kier alpha value is -1.83. The molecule has 0 amide bonds. The SMILES string of the molecule is COC(=O)Cc1c(CN)cnc(C)c1OC(F)(F)F. The number of hydrogen-bond acceptors (Lipinski definition) is 5. The maximum atomic E-state index is 12.4. The van der Waals surface area contributed by atoms with Gasteiger partial charge in [0.05, 0.1) is 19.2 Å². The van der Waals surface area contributed by atoms with Crippen molar-refractivity contribution in [2.75, 3.05) is 7.11 Å². The fourth-order valence-electron chi connectivity index (χ4n) is 1.51. The number of alkyl halides is 3. The van der Waals surface area contributed by atoms with E-state index in [-0.39, 0.29) is 24.2 Å². The van der Waals surface area contributed by atoms with Crippen molar-refractivity contribution in [1.29, 1.82) is 0 Å². The summed E-state index contributed by atoms with van der Waals surface area (Å²) in [6, 6.07) is 0. The Bertz CT molecular complexity index is 475. The van der Waals surface area contributed by atoms with Crippen LogP contribution in [0.25, 0.3) is 0 Å². The summed E-state index contributed by atoms with van der Waals surface area (Å²) < 4.78 is 45.4. The molecule has 0 spiro atoms. The van der Waals surface area contributed by atoms with Crippen molar-refractivity contribution < 1.29 is 27.4 Å². The van der Waals surface area contributed by atoms with Gasteiger partial charge < -0.3 is 15.2 Å². The lowest BCUT2D eigenvalue weighted by Crippen LogP contribution is -2.21. The van der Waals surface area contributed by atoms with Crippen molar-refractivity contribution in [3.8, 4) is 5.75 Å². The standard InChI is InChI=1S/C11H13F3N2O3/c1-6-10(19-11(12,13)14)8(3-9(17)18-2)7(4-15)5-16-6/h5H,3-4,15H2,1-2H3. The second-order valence-corrected chi connectivity index (χ2v) is 3.68. The highest BCUT2D eigenvalue weighted by molar-refractivity contribution is 5.74. The molecule has 8 heteroatoms. The highest BCUT2D eigenvalue weighted by Crippen LogP contribution is 2.31. The van der Waals surface area contributed by atoms with E-state index in [1.807, 2.05) is 0 Å². The summed E-state index contributed by atoms with van der Waals surface area (Å²) in [5.41, 5.74) is 5.79. The first kappa shape index (κ1) is 15.2. The Morgan fingerprint density at radius 1 is 1.47 bits per heavy atom. The van der Waals surface area contributed by atoms with Crippen LogP contribution < -0.4 is 10.5 Å². The van der Waals surface area contributed by atoms with E-state index in [0.29, 0.717) is 5.56 Å². The zero-order chi connectivity index (χ0) is 14.6. The number of ether oxygens (including phenoxy) is 2. The molecule has 0 aromatic carbocycles. The second-order valence-electron chi connectivity index (χ2n) is 3.68. The van der Waals surface area contributed by atoms with Gasteiger partial charge >= 0.3 is 12.3 Å². The third-order valence-corrected chi connectivity index (χ3v) is 2.39. The van der Waals surface area contributed by atoms with Crippen LogP contribution in [0.5, 0.6) is 5.75 Å². The Kier molecular flexibility index (Phi) is 4.71. The number of aromatic nitrogens is 1. The molecule has 0 aliphatic rings. The molecule has 0 radical (unpaired) electrons. The molecule has 0 aliphatic heterocycles. The zero-order valence-corrected chi connectivity index (χ0v) is 10.4. The lowest BCUT2D eigenvalue weighted by Gasteiger charge is -2.17. The minimum absolute atomic E-state index is 0.0217. The molecule has 2 N–H and O–H groups in total. The third kappa shape index (κ3) is 4.09. The summed E-state index contributed by atoms with van der Waals surface area (Å²) in [5, 5.41) is 0. The first-order chi connectivity index (χ1) is 8.78. The second kappa shape index (κ2) is 5.87. The van der Waals surface area contributed by atoms with Crippen LogP contribution in [0.2, 0.25) is 0 Å². The van der Waals surface area contributed by atoms with Gasteiger partial charge in [0.2, 0.25) is 0 Å². The van der Waals surface area contributed by atoms with Gasteiger partial charge in [0.15, 0.2) is 5.75 Å². The molecule has 106 valence electrons. The molecular formula is C11H13F3N2O3. The smallest absolute Gasteiger partial charge is 0.469 e. The van der Waals surface area contributed by atoms with Crippen molar-refractivity contribution >= 4 is 5.97 Å². The fourth-order valence-corrected chi connectivity index (χ4v) is 1.51. The number of hydrogen-bond donors (Lipinski definition) is 1. The van der Waals surface area contributed by atoms with Crippen LogP contribution in [-0.2, 0) is 22.5 Å². The van der Waals surface area contributed by atoms with Crippen LogP contribution in [-0.4, -0.2) is 24.4 Å². The summed E-state index contributed by atoms with van der Waals surface area (Å²) in [5.74, 6) is -1.19. The van der Waals surface area contributed by atoms with Gasteiger partial charge in [-0.25, -0.2) is 0 Å². The van der Waals surface area contributed by atoms with Crippen molar-refractivity contribution in [3.05, 3.63) is 23.0 Å². The molecule has 0 atom stereocenters. The number of carbonyl (C=O) groups is 1. The van der Waals surface area contributed by atoms with Crippen molar-refractivity contribution in [2.24, 2.45) is 5.73 Å². The minimum Gasteiger partial charge on any atom is -0.469 e. The zero-order valence-electron chi connectivity index (χ0n) is 10.4. The Labute approximate surface area is 107 Å². The van der Waals surface area contributed by atoms with E-state index >= 15 is 0 Å². The molecule has 5 nitrogen and oxygen atoms in total. The summed E-state index contributed by atoms with van der Waals surface area (Å²) in [4.78, 5) is 15.0. The van der Waals surface area contributed by atoms with Gasteiger partial charge in [-0.2, -0.15) is 0 Å². The molecule has 0 aliphatic carbocycles. The molecule has 1 heterocycles. The lowest BCUT2D eigenvalue weighted by atomic mass is 10.0. The average Bonchev–Trinajstić information content (AvgIpc) is 2.32. The van der Waals surface area contributed by atoms with E-state index in [2.05, 4.69) is 14.5 Å². The van der Waals surface area contributed by atoms with E-state index in [1.165, 1.54) is 13.1 Å². The first-order valence-corrected chi connectivity index (χ1v) is 5.28. The van der Waals surface area contributed by atoms with Crippen LogP contribution in [0.4, 0.5) is 13.2 Å². The summed E-state index contributed by atoms with van der Waals surface area (Å²) in [7, 11) is 1.14. The van der Waals surface area contributed by atoms with Gasteiger partial charge in [0.25, 0.3) is 0 Å². The Morgan fingerprint density at radius 3 is 2.58 bits per heavy atom. The van der Waals surface area contributed by atoms with Crippen molar-refractivity contribution in [3.63, 3.8) is 0 Å². The number of carbonyl (C=O) groups excluding carboxylic acids is 1. The van der Waals surface area contributed by atoms with Crippen molar-refractivity contribution in [1.82, 2.24) is 4.98 Å². The molecular weight excluding hydrogens is 265 g/mol. The van der Waals surface area contributed by atoms with Gasteiger partial charge in [-0.05, 0) is 12.5 Å². The van der Waals surface area contributed by atoms with Gasteiger partial charge in [0, 0.05) is 18.3 Å². The van der Waals surface area contributed by atoms with Gasteiger partial charge in [0.1, 0.15) is 0 Å². The fraction of sp³-hybridized carbons (Fsp3) is 0.455. The minimum atomic E-state index is -4.87. The summed E-state index contributed by atoms with van der Waals surface area (Å²) in [6.45, 7) is 1.29. The maximum absolute atomic E-state index is 12.4. The number of nitrogens with two attached hydrogens (primary N) is 1. The molecule has 0 fully saturated rings. The molecule has 1 rings (SSSR count). The van der Waals surface area contributed by atoms with E-state index in [9.17, 15) is 18.0 Å². The number of nitrogens with zero attached hydrogens (tertiary/aromatic N) is 1. The van der Waals surface area contributed by atoms with Crippen LogP contribution in [0.3, 0.4) is 0 Å². The summed E-state index contributed by atoms with van der Waals surface area (Å²) >= 11 is 0. The molecule has 1 aromatic heterocycles. The predicted octanol–water partition coefficient (Wildman–Crippen LogP) is 1.46. The molecule has 0 saturated heterocycles. The van der Waals surface area contributed by atoms with Crippen molar-refractivity contribution in [2.45, 2.75) is 26.3 Å². The molecule has 1 aromatic rings. The van der Waals surface area contributed by atoms with Crippen LogP contribution in [0.15, 0.2) is 6.20 Å². The summed E-state index contributed by atoms with van der Waals surface area (Å²) in [6.07, 6.45) is -3.92. The van der Waals surface area contributed by atoms with E-state index in [0.717, 1.165) is 7.11 Å². The highest BCUT2D eigenvalue weighted by atomic mass is 19.4. The van der Waals surface area contributed by atoms with Gasteiger partial charge in [-0.3, -0.25) is 9.78 Å². The average molecular weight is 278 g/mol. The number of aryl methyl sites for hydroxylation is 1. The quantitative estimate of drug-likeness (QED) is 0.844. The van der Waals surface area contributed by atoms with E-state index in [1.54, 1.807) is 0 Å². The number of halogens is 3. The highest BCUT2D eigenvalue weighted by Gasteiger charge is 2.34. The number of esters is 1. The van der Waals surface area contributed by atoms with Crippen LogP contribution in [0, 0.1) is 6.92 Å². The molecule has 0 bridgehead atoms. The topological polar surface area (TPSA) is 74.4 Å². The molecule has 19 heavy (non-hydrogen) atoms. The van der Waals surface area contributed by atoms with Crippen LogP contribution in [0.1, 0.15) is 16.8 Å². The monoisotopic (exact) mass is 278 g/mol. The van der Waals surface area contributed by atoms with Gasteiger partial charge in [-0.15, -0.1) is 13.2 Å². The van der Waals surface area contributed by atoms with Gasteiger partial charge in [-0.1, -0.05) is 0 Å². The number of methoxy groups -OCH3 is 1. The third-order valence-electron chi connectivity index (χ3n) is 2.39. The lowest BCUT2D eigenvalue weighted by molar-refractivity contribution is -0.275. The largest absolute Gasteiger partial charge is 0.573 e. The Balaban J connectivity index is 3.28. The molecule has 0 saturated carbocycles. The van der Waals surface area contributed by atoms with Crippen LogP contribution >= 0.6 is 0 Å². The first-order valence-electron chi connectivity index (χ1n) is 5.28. The number of rotatable bonds is 4. The normalized spacial score (nSPS) is 11.3. The van der Waals surface area contributed by atoms with E-state index < -0.39 is 18.1 Å². The number of pyridine rings is 1. The molecule has 0 unspecified atom stereocenters.